The molecule has 0 bridgehead atoms. The van der Waals surface area contributed by atoms with Gasteiger partial charge in [0.1, 0.15) is 5.75 Å². The number of ether oxygens (including phenoxy) is 1. The Bertz CT molecular complexity index is 1050. The summed E-state index contributed by atoms with van der Waals surface area (Å²) in [7, 11) is 1.64. The van der Waals surface area contributed by atoms with E-state index in [1.807, 2.05) is 77.7 Å². The highest BCUT2D eigenvalue weighted by atomic mass is 16.5. The standard InChI is InChI=1S/C26H28N4O3/c1-33-24-13-10-20(11-14-24)12-15-25(31)29-18-23(19-29)30(17-22-9-5-6-16-27-22)26(32)28-21-7-3-2-4-8-21/h2-11,13-14,16,23H,12,15,17-19H2,1H3,(H,28,32). The fourth-order valence-electron chi connectivity index (χ4n) is 3.81. The number of hydrogen-bond acceptors (Lipinski definition) is 4. The number of anilines is 1. The van der Waals surface area contributed by atoms with Gasteiger partial charge in [-0.25, -0.2) is 4.79 Å². The Morgan fingerprint density at radius 3 is 2.42 bits per heavy atom. The lowest BCUT2D eigenvalue weighted by molar-refractivity contribution is -0.137. The second-order valence-corrected chi connectivity index (χ2v) is 8.05. The largest absolute Gasteiger partial charge is 0.497 e. The number of nitrogens with one attached hydrogen (secondary N) is 1. The summed E-state index contributed by atoms with van der Waals surface area (Å²) in [5, 5.41) is 2.96. The van der Waals surface area contributed by atoms with Crippen LogP contribution in [-0.2, 0) is 17.8 Å². The summed E-state index contributed by atoms with van der Waals surface area (Å²) in [6, 6.07) is 22.6. The molecule has 3 aromatic rings. The molecule has 0 spiro atoms. The Morgan fingerprint density at radius 2 is 1.76 bits per heavy atom. The van der Waals surface area contributed by atoms with Crippen LogP contribution in [0.4, 0.5) is 10.5 Å². The average molecular weight is 445 g/mol. The zero-order valence-electron chi connectivity index (χ0n) is 18.7. The van der Waals surface area contributed by atoms with Crippen molar-refractivity contribution in [2.24, 2.45) is 0 Å². The first-order valence-electron chi connectivity index (χ1n) is 11.1. The van der Waals surface area contributed by atoms with Gasteiger partial charge in [0.15, 0.2) is 0 Å². The van der Waals surface area contributed by atoms with Crippen LogP contribution in [-0.4, -0.2) is 53.0 Å². The predicted molar refractivity (Wildman–Crippen MR) is 127 cm³/mol. The highest BCUT2D eigenvalue weighted by Crippen LogP contribution is 2.21. The number of urea groups is 1. The zero-order valence-corrected chi connectivity index (χ0v) is 18.7. The van der Waals surface area contributed by atoms with Gasteiger partial charge < -0.3 is 19.9 Å². The number of benzene rings is 2. The monoisotopic (exact) mass is 444 g/mol. The van der Waals surface area contributed by atoms with Gasteiger partial charge in [0.2, 0.25) is 5.91 Å². The lowest BCUT2D eigenvalue weighted by atomic mass is 10.0. The van der Waals surface area contributed by atoms with E-state index in [9.17, 15) is 9.59 Å². The SMILES string of the molecule is COc1ccc(CCC(=O)N2CC(N(Cc3ccccn3)C(=O)Nc3ccccc3)C2)cc1. The maximum atomic E-state index is 13.1. The first-order valence-corrected chi connectivity index (χ1v) is 11.1. The van der Waals surface area contributed by atoms with Gasteiger partial charge in [0.05, 0.1) is 25.4 Å². The van der Waals surface area contributed by atoms with E-state index in [1.54, 1.807) is 18.2 Å². The number of pyridine rings is 1. The number of nitrogens with zero attached hydrogens (tertiary/aromatic N) is 3. The molecule has 3 amide bonds. The van der Waals surface area contributed by atoms with E-state index < -0.39 is 0 Å². The normalized spacial score (nSPS) is 13.2. The highest BCUT2D eigenvalue weighted by Gasteiger charge is 2.37. The Balaban J connectivity index is 1.34. The number of hydrogen-bond donors (Lipinski definition) is 1. The van der Waals surface area contributed by atoms with Crippen molar-refractivity contribution in [3.63, 3.8) is 0 Å². The van der Waals surface area contributed by atoms with Crippen molar-refractivity contribution >= 4 is 17.6 Å². The number of aryl methyl sites for hydroxylation is 1. The van der Waals surface area contributed by atoms with Gasteiger partial charge in [-0.3, -0.25) is 9.78 Å². The van der Waals surface area contributed by atoms with Crippen LogP contribution in [0.5, 0.6) is 5.75 Å². The van der Waals surface area contributed by atoms with Crippen LogP contribution < -0.4 is 10.1 Å². The predicted octanol–water partition coefficient (Wildman–Crippen LogP) is 3.97. The number of amides is 3. The molecular weight excluding hydrogens is 416 g/mol. The van der Waals surface area contributed by atoms with Crippen LogP contribution in [0.3, 0.4) is 0 Å². The molecule has 0 radical (unpaired) electrons. The van der Waals surface area contributed by atoms with E-state index in [-0.39, 0.29) is 18.0 Å². The first-order chi connectivity index (χ1) is 16.1. The summed E-state index contributed by atoms with van der Waals surface area (Å²) in [5.41, 5.74) is 2.64. The Morgan fingerprint density at radius 1 is 1.03 bits per heavy atom. The van der Waals surface area contributed by atoms with Crippen LogP contribution in [0.2, 0.25) is 0 Å². The number of methoxy groups -OCH3 is 1. The van der Waals surface area contributed by atoms with Crippen molar-refractivity contribution < 1.29 is 14.3 Å². The minimum absolute atomic E-state index is 0.0549. The molecule has 2 heterocycles. The molecule has 2 aromatic carbocycles. The van der Waals surface area contributed by atoms with E-state index in [0.29, 0.717) is 32.5 Å². The lowest BCUT2D eigenvalue weighted by Crippen LogP contribution is -2.62. The number of carbonyl (C=O) groups excluding carboxylic acids is 2. The second kappa shape index (κ2) is 10.6. The van der Waals surface area contributed by atoms with Crippen molar-refractivity contribution in [1.82, 2.24) is 14.8 Å². The van der Waals surface area contributed by atoms with Crippen molar-refractivity contribution in [3.05, 3.63) is 90.3 Å². The lowest BCUT2D eigenvalue weighted by Gasteiger charge is -2.45. The Kier molecular flexibility index (Phi) is 7.19. The number of likely N-dealkylation sites (tertiary alicyclic amines) is 1. The second-order valence-electron chi connectivity index (χ2n) is 8.05. The van der Waals surface area contributed by atoms with E-state index in [4.69, 9.17) is 4.74 Å². The van der Waals surface area contributed by atoms with Gasteiger partial charge in [-0.2, -0.15) is 0 Å². The summed E-state index contributed by atoms with van der Waals surface area (Å²) in [5.74, 6) is 0.903. The molecule has 1 aliphatic heterocycles. The van der Waals surface area contributed by atoms with E-state index in [2.05, 4.69) is 10.3 Å². The minimum Gasteiger partial charge on any atom is -0.497 e. The molecule has 1 saturated heterocycles. The number of carbonyl (C=O) groups is 2. The third kappa shape index (κ3) is 5.88. The molecule has 4 rings (SSSR count). The van der Waals surface area contributed by atoms with Gasteiger partial charge in [-0.05, 0) is 48.4 Å². The first kappa shape index (κ1) is 22.3. The molecule has 170 valence electrons. The highest BCUT2D eigenvalue weighted by molar-refractivity contribution is 5.89. The molecule has 0 aliphatic carbocycles. The summed E-state index contributed by atoms with van der Waals surface area (Å²) in [4.78, 5) is 33.7. The van der Waals surface area contributed by atoms with E-state index in [1.165, 1.54) is 0 Å². The fraction of sp³-hybridized carbons (Fsp3) is 0.269. The maximum absolute atomic E-state index is 13.1. The number of rotatable bonds is 8. The van der Waals surface area contributed by atoms with E-state index in [0.717, 1.165) is 22.7 Å². The number of para-hydroxylation sites is 1. The van der Waals surface area contributed by atoms with Crippen molar-refractivity contribution in [1.29, 1.82) is 0 Å². The van der Waals surface area contributed by atoms with Crippen LogP contribution in [0.1, 0.15) is 17.7 Å². The third-order valence-electron chi connectivity index (χ3n) is 5.79. The van der Waals surface area contributed by atoms with Crippen LogP contribution in [0.25, 0.3) is 0 Å². The third-order valence-corrected chi connectivity index (χ3v) is 5.79. The quantitative estimate of drug-likeness (QED) is 0.571. The molecule has 1 aromatic heterocycles. The van der Waals surface area contributed by atoms with Crippen molar-refractivity contribution in [3.8, 4) is 5.75 Å². The Labute approximate surface area is 194 Å². The molecular formula is C26H28N4O3. The maximum Gasteiger partial charge on any atom is 0.322 e. The van der Waals surface area contributed by atoms with Crippen LogP contribution in [0, 0.1) is 0 Å². The van der Waals surface area contributed by atoms with Gasteiger partial charge in [0, 0.05) is 31.4 Å². The number of aromatic nitrogens is 1. The molecule has 0 atom stereocenters. The molecule has 1 fully saturated rings. The molecule has 7 heteroatoms. The zero-order chi connectivity index (χ0) is 23.0. The van der Waals surface area contributed by atoms with Crippen molar-refractivity contribution in [2.75, 3.05) is 25.5 Å². The molecule has 0 unspecified atom stereocenters. The average Bonchev–Trinajstić information content (AvgIpc) is 2.82. The summed E-state index contributed by atoms with van der Waals surface area (Å²) in [6.45, 7) is 1.44. The topological polar surface area (TPSA) is 74.8 Å². The Hall–Kier alpha value is -3.87. The smallest absolute Gasteiger partial charge is 0.322 e. The molecule has 0 saturated carbocycles. The molecule has 1 aliphatic rings. The summed E-state index contributed by atoms with van der Waals surface area (Å²) in [6.07, 6.45) is 2.84. The fourth-order valence-corrected chi connectivity index (χ4v) is 3.81. The molecule has 33 heavy (non-hydrogen) atoms. The summed E-state index contributed by atoms with van der Waals surface area (Å²) < 4.78 is 5.18. The van der Waals surface area contributed by atoms with Gasteiger partial charge in [0.25, 0.3) is 0 Å². The van der Waals surface area contributed by atoms with Crippen molar-refractivity contribution in [2.45, 2.75) is 25.4 Å². The van der Waals surface area contributed by atoms with Crippen LogP contribution >= 0.6 is 0 Å². The van der Waals surface area contributed by atoms with Gasteiger partial charge >= 0.3 is 6.03 Å². The molecule has 1 N–H and O–H groups in total. The van der Waals surface area contributed by atoms with Crippen LogP contribution in [0.15, 0.2) is 79.0 Å². The van der Waals surface area contributed by atoms with E-state index >= 15 is 0 Å². The van der Waals surface area contributed by atoms with Gasteiger partial charge in [-0.1, -0.05) is 36.4 Å². The summed E-state index contributed by atoms with van der Waals surface area (Å²) >= 11 is 0. The minimum atomic E-state index is -0.192. The molecule has 7 nitrogen and oxygen atoms in total. The van der Waals surface area contributed by atoms with Gasteiger partial charge in [-0.15, -0.1) is 0 Å².